The van der Waals surface area contributed by atoms with Gasteiger partial charge in [-0.05, 0) is 27.2 Å². The van der Waals surface area contributed by atoms with E-state index in [1.807, 2.05) is 0 Å². The fourth-order valence-electron chi connectivity index (χ4n) is 1.67. The maximum Gasteiger partial charge on any atom is 0.151 e. The molecule has 4 nitrogen and oxygen atoms in total. The van der Waals surface area contributed by atoms with Gasteiger partial charge in [0.1, 0.15) is 0 Å². The van der Waals surface area contributed by atoms with Crippen molar-refractivity contribution >= 4 is 9.84 Å². The number of sulfone groups is 1. The molecule has 0 aromatic heterocycles. The maximum absolute atomic E-state index is 11.2. The van der Waals surface area contributed by atoms with Gasteiger partial charge in [-0.2, -0.15) is 0 Å². The number of rotatable bonds is 4. The van der Waals surface area contributed by atoms with Gasteiger partial charge < -0.3 is 10.6 Å². The van der Waals surface area contributed by atoms with Crippen LogP contribution in [-0.4, -0.2) is 44.6 Å². The molecule has 0 bridgehead atoms. The molecule has 1 fully saturated rings. The minimum absolute atomic E-state index is 0.128. The summed E-state index contributed by atoms with van der Waals surface area (Å²) in [5.74, 6) is 0.653. The highest BCUT2D eigenvalue weighted by Crippen LogP contribution is 2.10. The zero-order valence-electron chi connectivity index (χ0n) is 9.84. The Balaban J connectivity index is 2.12. The van der Waals surface area contributed by atoms with E-state index in [1.165, 1.54) is 0 Å². The van der Waals surface area contributed by atoms with Crippen LogP contribution in [-0.2, 0) is 9.84 Å². The molecule has 0 aromatic rings. The lowest BCUT2D eigenvalue weighted by Gasteiger charge is -2.21. The third-order valence-electron chi connectivity index (χ3n) is 2.45. The summed E-state index contributed by atoms with van der Waals surface area (Å²) in [5, 5.41) is 6.62. The van der Waals surface area contributed by atoms with E-state index in [4.69, 9.17) is 0 Å². The van der Waals surface area contributed by atoms with Crippen molar-refractivity contribution < 1.29 is 8.42 Å². The fourth-order valence-corrected chi connectivity index (χ4v) is 3.38. The van der Waals surface area contributed by atoms with Gasteiger partial charge in [-0.1, -0.05) is 0 Å². The minimum atomic E-state index is -2.74. The van der Waals surface area contributed by atoms with Crippen LogP contribution >= 0.6 is 0 Å². The molecule has 1 rings (SSSR count). The molecule has 1 atom stereocenters. The lowest BCUT2D eigenvalue weighted by atomic mass is 10.1. The molecule has 15 heavy (non-hydrogen) atoms. The van der Waals surface area contributed by atoms with Crippen molar-refractivity contribution in [3.8, 4) is 0 Å². The maximum atomic E-state index is 11.2. The van der Waals surface area contributed by atoms with Crippen molar-refractivity contribution in [2.75, 3.05) is 24.6 Å². The van der Waals surface area contributed by atoms with Crippen LogP contribution in [0.25, 0.3) is 0 Å². The topological polar surface area (TPSA) is 58.2 Å². The van der Waals surface area contributed by atoms with E-state index in [9.17, 15) is 8.42 Å². The molecule has 0 amide bonds. The Morgan fingerprint density at radius 3 is 2.40 bits per heavy atom. The second-order valence-electron chi connectivity index (χ2n) is 5.23. The summed E-state index contributed by atoms with van der Waals surface area (Å²) in [6, 6.07) is 0.164. The Hall–Kier alpha value is -0.130. The fraction of sp³-hybridized carbons (Fsp3) is 1.00. The predicted molar refractivity (Wildman–Crippen MR) is 62.8 cm³/mol. The molecule has 1 aliphatic rings. The van der Waals surface area contributed by atoms with Gasteiger partial charge in [-0.25, -0.2) is 8.42 Å². The van der Waals surface area contributed by atoms with Crippen molar-refractivity contribution in [2.24, 2.45) is 0 Å². The molecule has 0 radical (unpaired) electrons. The highest BCUT2D eigenvalue weighted by molar-refractivity contribution is 7.91. The summed E-state index contributed by atoms with van der Waals surface area (Å²) in [6.07, 6.45) is 0.762. The number of hydrogen-bond acceptors (Lipinski definition) is 4. The molecular weight excluding hydrogens is 212 g/mol. The molecule has 2 N–H and O–H groups in total. The second-order valence-corrected chi connectivity index (χ2v) is 7.46. The lowest BCUT2D eigenvalue weighted by Crippen LogP contribution is -2.42. The van der Waals surface area contributed by atoms with Gasteiger partial charge in [0, 0.05) is 24.7 Å². The molecule has 1 unspecified atom stereocenters. The van der Waals surface area contributed by atoms with Crippen molar-refractivity contribution in [3.05, 3.63) is 0 Å². The molecule has 90 valence electrons. The van der Waals surface area contributed by atoms with Crippen LogP contribution in [0.5, 0.6) is 0 Å². The Kier molecular flexibility index (Phi) is 4.14. The summed E-state index contributed by atoms with van der Waals surface area (Å²) in [5.41, 5.74) is 0.128. The highest BCUT2D eigenvalue weighted by atomic mass is 32.2. The SMILES string of the molecule is CC(C)(C)NCCNC1CCS(=O)(=O)C1. The molecule has 1 heterocycles. The van der Waals surface area contributed by atoms with Gasteiger partial charge in [0.15, 0.2) is 9.84 Å². The van der Waals surface area contributed by atoms with Crippen molar-refractivity contribution in [2.45, 2.75) is 38.8 Å². The first-order valence-electron chi connectivity index (χ1n) is 5.47. The predicted octanol–water partition coefficient (Wildman–Crippen LogP) is 0.151. The highest BCUT2D eigenvalue weighted by Gasteiger charge is 2.27. The summed E-state index contributed by atoms with van der Waals surface area (Å²) < 4.78 is 22.4. The first-order valence-corrected chi connectivity index (χ1v) is 7.29. The Labute approximate surface area is 92.7 Å². The van der Waals surface area contributed by atoms with Crippen LogP contribution < -0.4 is 10.6 Å². The molecule has 0 spiro atoms. The van der Waals surface area contributed by atoms with Crippen LogP contribution in [0.4, 0.5) is 0 Å². The summed E-state index contributed by atoms with van der Waals surface area (Å²) in [7, 11) is -2.74. The van der Waals surface area contributed by atoms with Crippen LogP contribution in [0.15, 0.2) is 0 Å². The van der Waals surface area contributed by atoms with E-state index in [2.05, 4.69) is 31.4 Å². The standard InChI is InChI=1S/C10H22N2O2S/c1-10(2,3)12-6-5-11-9-4-7-15(13,14)8-9/h9,11-12H,4-8H2,1-3H3. The van der Waals surface area contributed by atoms with E-state index < -0.39 is 9.84 Å². The molecule has 0 saturated carbocycles. The summed E-state index contributed by atoms with van der Waals surface area (Å²) >= 11 is 0. The van der Waals surface area contributed by atoms with Gasteiger partial charge >= 0.3 is 0 Å². The van der Waals surface area contributed by atoms with E-state index >= 15 is 0 Å². The smallest absolute Gasteiger partial charge is 0.151 e. The zero-order chi connectivity index (χ0) is 11.5. The van der Waals surface area contributed by atoms with Crippen LogP contribution in [0.1, 0.15) is 27.2 Å². The van der Waals surface area contributed by atoms with E-state index in [0.29, 0.717) is 11.5 Å². The van der Waals surface area contributed by atoms with Gasteiger partial charge in [0.25, 0.3) is 0 Å². The average molecular weight is 234 g/mol. The third-order valence-corrected chi connectivity index (χ3v) is 4.21. The first kappa shape index (κ1) is 12.9. The Bertz CT molecular complexity index is 293. The lowest BCUT2D eigenvalue weighted by molar-refractivity contribution is 0.413. The van der Waals surface area contributed by atoms with Crippen molar-refractivity contribution in [1.29, 1.82) is 0 Å². The van der Waals surface area contributed by atoms with E-state index in [0.717, 1.165) is 19.5 Å². The molecule has 0 aromatic carbocycles. The zero-order valence-corrected chi connectivity index (χ0v) is 10.7. The van der Waals surface area contributed by atoms with Crippen LogP contribution in [0, 0.1) is 0 Å². The summed E-state index contributed by atoms with van der Waals surface area (Å²) in [4.78, 5) is 0. The van der Waals surface area contributed by atoms with Gasteiger partial charge in [0.2, 0.25) is 0 Å². The van der Waals surface area contributed by atoms with Gasteiger partial charge in [-0.15, -0.1) is 0 Å². The molecule has 5 heteroatoms. The van der Waals surface area contributed by atoms with Crippen molar-refractivity contribution in [3.63, 3.8) is 0 Å². The van der Waals surface area contributed by atoms with Gasteiger partial charge in [0.05, 0.1) is 11.5 Å². The largest absolute Gasteiger partial charge is 0.312 e. The number of hydrogen-bond donors (Lipinski definition) is 2. The van der Waals surface area contributed by atoms with Crippen LogP contribution in [0.3, 0.4) is 0 Å². The normalized spacial score (nSPS) is 25.7. The quantitative estimate of drug-likeness (QED) is 0.680. The summed E-state index contributed by atoms with van der Waals surface area (Å²) in [6.45, 7) is 8.06. The second kappa shape index (κ2) is 4.80. The average Bonchev–Trinajstić information content (AvgIpc) is 2.38. The molecular formula is C10H22N2O2S. The molecule has 0 aliphatic carbocycles. The molecule has 1 saturated heterocycles. The van der Waals surface area contributed by atoms with E-state index in [-0.39, 0.29) is 11.6 Å². The van der Waals surface area contributed by atoms with Crippen molar-refractivity contribution in [1.82, 2.24) is 10.6 Å². The van der Waals surface area contributed by atoms with Gasteiger partial charge in [-0.3, -0.25) is 0 Å². The minimum Gasteiger partial charge on any atom is -0.312 e. The third kappa shape index (κ3) is 5.49. The Morgan fingerprint density at radius 1 is 1.27 bits per heavy atom. The first-order chi connectivity index (χ1) is 6.79. The number of nitrogens with one attached hydrogen (secondary N) is 2. The molecule has 1 aliphatic heterocycles. The van der Waals surface area contributed by atoms with Crippen LogP contribution in [0.2, 0.25) is 0 Å². The van der Waals surface area contributed by atoms with E-state index in [1.54, 1.807) is 0 Å². The Morgan fingerprint density at radius 2 is 1.93 bits per heavy atom. The monoisotopic (exact) mass is 234 g/mol.